The van der Waals surface area contributed by atoms with Crippen LogP contribution in [0.5, 0.6) is 23.0 Å². The predicted octanol–water partition coefficient (Wildman–Crippen LogP) is 1.28. The number of phenols is 3. The van der Waals surface area contributed by atoms with Crippen LogP contribution in [0.2, 0.25) is 0 Å². The Kier molecular flexibility index (Phi) is 6.95. The maximum atomic E-state index is 11.1. The molecule has 0 amide bonds. The van der Waals surface area contributed by atoms with Gasteiger partial charge in [-0.3, -0.25) is 10.1 Å². The average Bonchev–Trinajstić information content (AvgIpc) is 2.74. The number of nitro benzene ring substituents is 1. The first-order valence-electron chi connectivity index (χ1n) is 9.00. The molecule has 0 unspecified atom stereocenters. The molecule has 12 nitrogen and oxygen atoms in total. The van der Waals surface area contributed by atoms with E-state index in [-0.39, 0.29) is 51.7 Å². The van der Waals surface area contributed by atoms with Crippen molar-refractivity contribution in [2.75, 3.05) is 0 Å². The number of hydrogen-bond donors (Lipinski definition) is 3. The minimum absolute atomic E-state index is 0. The van der Waals surface area contributed by atoms with Crippen LogP contribution < -0.4 is 33.7 Å². The fourth-order valence-corrected chi connectivity index (χ4v) is 3.61. The van der Waals surface area contributed by atoms with E-state index in [1.165, 1.54) is 6.07 Å². The number of benzene rings is 4. The van der Waals surface area contributed by atoms with Gasteiger partial charge in [0, 0.05) is 34.4 Å². The van der Waals surface area contributed by atoms with Gasteiger partial charge in [-0.25, -0.2) is 8.42 Å². The topological polar surface area (TPSA) is 195 Å². The quantitative estimate of drug-likeness (QED) is 0.0698. The van der Waals surface area contributed by atoms with Crippen molar-refractivity contribution < 1.29 is 67.0 Å². The van der Waals surface area contributed by atoms with Gasteiger partial charge in [-0.15, -0.1) is 10.2 Å². The summed E-state index contributed by atoms with van der Waals surface area (Å²) in [6.45, 7) is 0. The minimum atomic E-state index is -5.27. The van der Waals surface area contributed by atoms with E-state index in [1.54, 1.807) is 24.3 Å². The predicted molar refractivity (Wildman–Crippen MR) is 114 cm³/mol. The number of nitro groups is 1. The first kappa shape index (κ1) is 25.1. The third kappa shape index (κ3) is 4.88. The van der Waals surface area contributed by atoms with Gasteiger partial charge in [0.1, 0.15) is 17.1 Å². The van der Waals surface area contributed by atoms with Crippen LogP contribution in [0.15, 0.2) is 64.8 Å². The van der Waals surface area contributed by atoms with Gasteiger partial charge in [0.05, 0.1) is 4.92 Å². The van der Waals surface area contributed by atoms with Crippen LogP contribution in [0.25, 0.3) is 21.5 Å². The number of rotatable bonds is 5. The molecule has 0 heterocycles. The van der Waals surface area contributed by atoms with E-state index >= 15 is 0 Å². The second kappa shape index (κ2) is 9.40. The van der Waals surface area contributed by atoms with E-state index in [9.17, 15) is 38.4 Å². The first-order valence-corrected chi connectivity index (χ1v) is 10.3. The minimum Gasteiger partial charge on any atom is -0.716 e. The Morgan fingerprint density at radius 2 is 1.53 bits per heavy atom. The summed E-state index contributed by atoms with van der Waals surface area (Å²) in [6.07, 6.45) is 0. The molecular formula is C20H12N3NaO9S. The van der Waals surface area contributed by atoms with Gasteiger partial charge in [0.25, 0.3) is 16.1 Å². The molecule has 0 atom stereocenters. The molecule has 0 saturated heterocycles. The van der Waals surface area contributed by atoms with Crippen molar-refractivity contribution in [2.24, 2.45) is 10.2 Å². The molecule has 0 bridgehead atoms. The summed E-state index contributed by atoms with van der Waals surface area (Å²) in [6, 6.07) is 11.9. The molecule has 4 aromatic carbocycles. The number of non-ortho nitro benzene ring substituents is 1. The molecule has 0 aromatic heterocycles. The fourth-order valence-electron chi connectivity index (χ4n) is 3.25. The number of azo groups is 1. The second-order valence-corrected chi connectivity index (χ2v) is 7.72. The number of hydrogen-bond acceptors (Lipinski definition) is 11. The van der Waals surface area contributed by atoms with Crippen molar-refractivity contribution in [2.45, 2.75) is 0 Å². The standard InChI is InChI=1S/C20H13N3O9S.Na/c24-15-9-17(32-33(29,30)31)14-8-11(23(27)28)5-6-13(14)18(15)21-22-19-12-4-2-1-3-10(12)7-16(25)20(19)26;/h1-9,24-26H,(H,29,30,31);/q;+1/p-1. The Bertz CT molecular complexity index is 1590. The van der Waals surface area contributed by atoms with E-state index in [4.69, 9.17) is 0 Å². The maximum Gasteiger partial charge on any atom is 1.00 e. The normalized spacial score (nSPS) is 11.6. The van der Waals surface area contributed by atoms with Gasteiger partial charge in [0.2, 0.25) is 0 Å². The van der Waals surface area contributed by atoms with Crippen molar-refractivity contribution in [1.29, 1.82) is 0 Å². The molecule has 34 heavy (non-hydrogen) atoms. The van der Waals surface area contributed by atoms with Gasteiger partial charge in [-0.05, 0) is 17.5 Å². The molecular weight excluding hydrogens is 481 g/mol. The van der Waals surface area contributed by atoms with Crippen LogP contribution in [0.3, 0.4) is 0 Å². The van der Waals surface area contributed by atoms with E-state index in [0.29, 0.717) is 10.8 Å². The summed E-state index contributed by atoms with van der Waals surface area (Å²) in [5, 5.41) is 50.4. The largest absolute Gasteiger partial charge is 1.00 e. The Balaban J connectivity index is 0.00000324. The van der Waals surface area contributed by atoms with Crippen LogP contribution in [0.1, 0.15) is 0 Å². The van der Waals surface area contributed by atoms with Crippen LogP contribution in [-0.4, -0.2) is 33.2 Å². The van der Waals surface area contributed by atoms with Gasteiger partial charge in [-0.2, -0.15) is 0 Å². The number of fused-ring (bicyclic) bond motifs is 2. The molecule has 3 N–H and O–H groups in total. The number of nitrogens with zero attached hydrogens (tertiary/aromatic N) is 3. The van der Waals surface area contributed by atoms with Crippen molar-refractivity contribution in [3.8, 4) is 23.0 Å². The molecule has 0 aliphatic heterocycles. The van der Waals surface area contributed by atoms with Crippen molar-refractivity contribution in [1.82, 2.24) is 0 Å². The molecule has 0 aliphatic rings. The van der Waals surface area contributed by atoms with Crippen molar-refractivity contribution >= 4 is 49.0 Å². The summed E-state index contributed by atoms with van der Waals surface area (Å²) in [5.74, 6) is -2.35. The van der Waals surface area contributed by atoms with Crippen molar-refractivity contribution in [3.05, 3.63) is 64.7 Å². The van der Waals surface area contributed by atoms with E-state index in [2.05, 4.69) is 14.4 Å². The first-order chi connectivity index (χ1) is 15.5. The summed E-state index contributed by atoms with van der Waals surface area (Å²) in [5.41, 5.74) is -0.828. The SMILES string of the molecule is O=[N+]([O-])c1ccc2c(N=Nc3c(O)c(O)cc4ccccc34)c(O)cc(OS(=O)(=O)[O-])c2c1.[Na+]. The van der Waals surface area contributed by atoms with E-state index < -0.39 is 44.0 Å². The smallest absolute Gasteiger partial charge is 0.716 e. The Morgan fingerprint density at radius 1 is 0.853 bits per heavy atom. The average molecular weight is 493 g/mol. The van der Waals surface area contributed by atoms with Crippen LogP contribution in [0, 0.1) is 10.1 Å². The van der Waals surface area contributed by atoms with Gasteiger partial charge >= 0.3 is 29.6 Å². The maximum absolute atomic E-state index is 11.1. The van der Waals surface area contributed by atoms with E-state index in [1.807, 2.05) is 0 Å². The molecule has 168 valence electrons. The van der Waals surface area contributed by atoms with Gasteiger partial charge < -0.3 is 24.1 Å². The fraction of sp³-hybridized carbons (Fsp3) is 0. The molecule has 0 aliphatic carbocycles. The summed E-state index contributed by atoms with van der Waals surface area (Å²) >= 11 is 0. The van der Waals surface area contributed by atoms with E-state index in [0.717, 1.165) is 24.3 Å². The molecule has 4 aromatic rings. The molecule has 0 radical (unpaired) electrons. The zero-order chi connectivity index (χ0) is 23.9. The molecule has 0 fully saturated rings. The Labute approximate surface area is 213 Å². The summed E-state index contributed by atoms with van der Waals surface area (Å²) in [7, 11) is -5.27. The zero-order valence-corrected chi connectivity index (χ0v) is 20.1. The van der Waals surface area contributed by atoms with Crippen molar-refractivity contribution in [3.63, 3.8) is 0 Å². The van der Waals surface area contributed by atoms with Crippen LogP contribution >= 0.6 is 0 Å². The monoisotopic (exact) mass is 493 g/mol. The Morgan fingerprint density at radius 3 is 2.21 bits per heavy atom. The van der Waals surface area contributed by atoms with Gasteiger partial charge in [0.15, 0.2) is 17.2 Å². The van der Waals surface area contributed by atoms with Crippen LogP contribution in [0.4, 0.5) is 17.1 Å². The molecule has 4 rings (SSSR count). The molecule has 0 spiro atoms. The summed E-state index contributed by atoms with van der Waals surface area (Å²) < 4.78 is 37.6. The third-order valence-electron chi connectivity index (χ3n) is 4.66. The van der Waals surface area contributed by atoms with Gasteiger partial charge in [-0.1, -0.05) is 24.3 Å². The number of phenolic OH excluding ortho intramolecular Hbond substituents is 3. The molecule has 14 heteroatoms. The third-order valence-corrected chi connectivity index (χ3v) is 5.05. The van der Waals surface area contributed by atoms with Crippen LogP contribution in [-0.2, 0) is 10.4 Å². The Hall–Kier alpha value is -3.49. The number of aromatic hydroxyl groups is 3. The molecule has 0 saturated carbocycles. The summed E-state index contributed by atoms with van der Waals surface area (Å²) in [4.78, 5) is 10.4. The zero-order valence-electron chi connectivity index (χ0n) is 17.2. The second-order valence-electron chi connectivity index (χ2n) is 6.74.